The number of aromatic nitrogens is 7. The summed E-state index contributed by atoms with van der Waals surface area (Å²) in [4.78, 5) is 46.2. The van der Waals surface area contributed by atoms with Gasteiger partial charge in [0.2, 0.25) is 0 Å². The molecule has 3 aliphatic heterocycles. The number of amidine groups is 4. The van der Waals surface area contributed by atoms with Crippen LogP contribution in [0.15, 0.2) is 72.8 Å². The fraction of sp³-hybridized carbons (Fsp3) is 0.357. The van der Waals surface area contributed by atoms with Crippen LogP contribution in [0.5, 0.6) is 0 Å². The molecule has 0 fully saturated rings. The number of rotatable bonds is 8. The summed E-state index contributed by atoms with van der Waals surface area (Å²) < 4.78 is 8.60. The molecule has 4 aromatic carbocycles. The van der Waals surface area contributed by atoms with Crippen molar-refractivity contribution in [2.45, 2.75) is 23.0 Å². The molecule has 80 heavy (non-hydrogen) atoms. The van der Waals surface area contributed by atoms with E-state index in [0.29, 0.717) is 34.6 Å². The minimum Gasteiger partial charge on any atom is -1.00 e. The Morgan fingerprint density at radius 3 is 1.05 bits per heavy atom. The van der Waals surface area contributed by atoms with Crippen molar-refractivity contribution < 1.29 is 85.0 Å². The molecule has 24 heteroatoms. The van der Waals surface area contributed by atoms with Crippen LogP contribution in [0.3, 0.4) is 0 Å². The number of benzene rings is 4. The second kappa shape index (κ2) is 28.6. The van der Waals surface area contributed by atoms with Gasteiger partial charge in [-0.2, -0.15) is 0 Å². The van der Waals surface area contributed by atoms with Crippen molar-refractivity contribution >= 4 is 101 Å². The predicted molar refractivity (Wildman–Crippen MR) is 318 cm³/mol. The van der Waals surface area contributed by atoms with E-state index in [1.54, 1.807) is 47.0 Å². The first-order valence-electron chi connectivity index (χ1n) is 24.7. The van der Waals surface area contributed by atoms with Crippen LogP contribution in [0, 0.1) is 10.7 Å². The molecular formula is C56H68Cl4CuN15S4. The van der Waals surface area contributed by atoms with Gasteiger partial charge in [0.25, 0.3) is 0 Å². The van der Waals surface area contributed by atoms with Gasteiger partial charge in [0, 0.05) is 67.3 Å². The molecule has 4 heterocycles. The third kappa shape index (κ3) is 14.4. The molecule has 6 bridgehead atoms. The van der Waals surface area contributed by atoms with E-state index in [9.17, 15) is 0 Å². The number of halogens is 4. The average Bonchev–Trinajstić information content (AvgIpc) is 3.98. The third-order valence-corrected chi connectivity index (χ3v) is 18.4. The number of fused-ring (bicyclic) bond motifs is 18. The third-order valence-electron chi connectivity index (χ3n) is 12.5. The molecule has 15 nitrogen and oxygen atoms in total. The van der Waals surface area contributed by atoms with Crippen LogP contribution >= 0.6 is 47.0 Å². The molecule has 0 saturated heterocycles. The fourth-order valence-electron chi connectivity index (χ4n) is 9.50. The summed E-state index contributed by atoms with van der Waals surface area (Å²) in [5.41, 5.74) is 9.37. The van der Waals surface area contributed by atoms with Crippen molar-refractivity contribution in [2.24, 2.45) is 0 Å². The molecule has 5 aromatic rings. The SMILES string of the molecule is CN(C)C(SCc1ccc2c(c1)-c1nc-2nc2[n-]c(nc3nc(nc4c5cc(CSC(N(C)C)=[N+](C)C)ccc5c=4n1)-c1ccc(CSC(N(C)C)=[N+](C)C)cc1-3)c1ccc(CSC(N(C)C)=[N+](C)C)cc21)=[N+](C)C.[Cl-].[Cl-].[Cl-].[Cl-].[Cu+]. The summed E-state index contributed by atoms with van der Waals surface area (Å²) in [5.74, 6) is 5.35. The molecule has 0 unspecified atom stereocenters. The number of hydrogen-bond acceptors (Lipinski definition) is 10. The molecule has 0 saturated carbocycles. The summed E-state index contributed by atoms with van der Waals surface area (Å²) in [5, 5.41) is 10.0. The van der Waals surface area contributed by atoms with Crippen molar-refractivity contribution in [1.82, 2.24) is 54.5 Å². The van der Waals surface area contributed by atoms with Gasteiger partial charge in [0.15, 0.2) is 11.6 Å². The van der Waals surface area contributed by atoms with Crippen molar-refractivity contribution in [2.75, 3.05) is 113 Å². The fourth-order valence-corrected chi connectivity index (χ4v) is 13.5. The van der Waals surface area contributed by atoms with E-state index in [0.717, 1.165) is 110 Å². The number of thioether (sulfide) groups is 4. The summed E-state index contributed by atoms with van der Waals surface area (Å²) in [6.45, 7) is 0. The summed E-state index contributed by atoms with van der Waals surface area (Å²) in [7, 11) is 33.3. The molecule has 1 aromatic heterocycles. The first kappa shape index (κ1) is 67.9. The molecule has 0 radical (unpaired) electrons. The van der Waals surface area contributed by atoms with E-state index >= 15 is 0 Å². The Morgan fingerprint density at radius 1 is 0.362 bits per heavy atom. The summed E-state index contributed by atoms with van der Waals surface area (Å²) in [6.07, 6.45) is 0. The molecule has 1 aliphatic carbocycles. The van der Waals surface area contributed by atoms with Crippen molar-refractivity contribution in [3.05, 3.63) is 106 Å². The molecule has 0 atom stereocenters. The summed E-state index contributed by atoms with van der Waals surface area (Å²) in [6, 6.07) is 26.3. The molecular weight excluding hydrogens is 1220 g/mol. The minimum absolute atomic E-state index is 0. The van der Waals surface area contributed by atoms with E-state index in [1.807, 2.05) is 0 Å². The average molecular weight is 1280 g/mol. The van der Waals surface area contributed by atoms with Gasteiger partial charge in [-0.1, -0.05) is 48.5 Å². The molecule has 0 spiro atoms. The van der Waals surface area contributed by atoms with E-state index < -0.39 is 0 Å². The van der Waals surface area contributed by atoms with Gasteiger partial charge >= 0.3 is 37.7 Å². The van der Waals surface area contributed by atoms with Gasteiger partial charge in [-0.15, -0.1) is 0 Å². The van der Waals surface area contributed by atoms with Gasteiger partial charge in [-0.25, -0.2) is 19.9 Å². The predicted octanol–water partition coefficient (Wildman–Crippen LogP) is -4.12. The monoisotopic (exact) mass is 1280 g/mol. The molecule has 430 valence electrons. The number of hydrogen-bond donors (Lipinski definition) is 0. The molecule has 0 amide bonds. The second-order valence-electron chi connectivity index (χ2n) is 20.4. The van der Waals surface area contributed by atoms with Crippen LogP contribution in [0.1, 0.15) is 22.3 Å². The van der Waals surface area contributed by atoms with E-state index in [2.05, 4.69) is 223 Å². The Morgan fingerprint density at radius 2 is 0.662 bits per heavy atom. The Balaban J connectivity index is 0.00000276. The Labute approximate surface area is 522 Å². The zero-order chi connectivity index (χ0) is 53.6. The Bertz CT molecular complexity index is 3760. The zero-order valence-corrected chi connectivity index (χ0v) is 55.1. The van der Waals surface area contributed by atoms with Gasteiger partial charge < -0.3 is 64.6 Å². The molecule has 4 aliphatic rings. The number of nitrogens with zero attached hydrogens (tertiary/aromatic N) is 15. The maximum absolute atomic E-state index is 5.50. The normalized spacial score (nSPS) is 10.9. The van der Waals surface area contributed by atoms with Crippen LogP contribution in [-0.4, -0.2) is 201 Å². The van der Waals surface area contributed by atoms with Crippen LogP contribution in [0.25, 0.3) is 78.4 Å². The van der Waals surface area contributed by atoms with Crippen LogP contribution < -0.4 is 54.6 Å². The molecule has 0 N–H and O–H groups in total. The largest absolute Gasteiger partial charge is 1.00 e. The van der Waals surface area contributed by atoms with Crippen LogP contribution in [-0.2, 0) is 40.1 Å². The maximum atomic E-state index is 5.50. The first-order valence-corrected chi connectivity index (χ1v) is 28.6. The zero-order valence-electron chi connectivity index (χ0n) is 47.9. The first-order chi connectivity index (χ1) is 35.8. The smallest absolute Gasteiger partial charge is 1.00 e. The summed E-state index contributed by atoms with van der Waals surface area (Å²) >= 11 is 7.18. The van der Waals surface area contributed by atoms with Gasteiger partial charge in [0.05, 0.1) is 135 Å². The quantitative estimate of drug-likeness (QED) is 0.0636. The van der Waals surface area contributed by atoms with Crippen LogP contribution in [0.4, 0.5) is 0 Å². The van der Waals surface area contributed by atoms with Crippen molar-refractivity contribution in [1.29, 1.82) is 0 Å². The Kier molecular flexibility index (Phi) is 24.3. The Hall–Kier alpha value is -4.60. The second-order valence-corrected chi connectivity index (χ2v) is 24.2. The van der Waals surface area contributed by atoms with E-state index in [1.165, 1.54) is 10.7 Å². The van der Waals surface area contributed by atoms with Crippen LogP contribution in [0.2, 0.25) is 0 Å². The maximum Gasteiger partial charge on any atom is 1.00 e. The van der Waals surface area contributed by atoms with Crippen molar-refractivity contribution in [3.63, 3.8) is 0 Å². The minimum atomic E-state index is 0. The van der Waals surface area contributed by atoms with E-state index in [-0.39, 0.29) is 66.7 Å². The van der Waals surface area contributed by atoms with Gasteiger partial charge in [-0.05, 0) is 104 Å². The molecule has 9 rings (SSSR count). The van der Waals surface area contributed by atoms with Gasteiger partial charge in [-0.3, -0.25) is 37.9 Å². The standard InChI is InChI=1S/C56H68N15S4.4ClH.Cu/c1-64(2)53(65(3)4)72-29-33-17-21-37-41(25-33)46-45(37)57-50-42-26-34(30-73-54(66(5)6)67(7)8)19-23-39(42)48(60-50)61-52-44-28-36(32-75-56(70(13)14)71(15)16)20-24-40(44)49(63-52)62-51-43-27-35(18-22-38(43)47(58-46)59-51)31-74-55(68(9)10)69(11)12;;;;;/h17-28H,29-32H2,1-16H3;4*1H;/q+3;;;;;+1/p-4. The topological polar surface area (TPSA) is 116 Å². The van der Waals surface area contributed by atoms with Crippen molar-refractivity contribution in [3.8, 4) is 45.6 Å². The van der Waals surface area contributed by atoms with E-state index in [4.69, 9.17) is 34.9 Å². The van der Waals surface area contributed by atoms with Gasteiger partial charge in [0.1, 0.15) is 0 Å².